The van der Waals surface area contributed by atoms with Gasteiger partial charge in [-0.05, 0) is 36.2 Å². The van der Waals surface area contributed by atoms with Gasteiger partial charge in [0, 0.05) is 0 Å². The van der Waals surface area contributed by atoms with Gasteiger partial charge in [-0.1, -0.05) is 57.5 Å². The van der Waals surface area contributed by atoms with Gasteiger partial charge in [0.1, 0.15) is 12.1 Å². The lowest BCUT2D eigenvalue weighted by atomic mass is 9.75. The molecule has 0 aromatic heterocycles. The smallest absolute Gasteiger partial charge is 0.426 e. The molecule has 0 spiro atoms. The molecular weight excluding hydrogens is 354 g/mol. The van der Waals surface area contributed by atoms with Crippen LogP contribution in [0.5, 0.6) is 0 Å². The fraction of sp³-hybridized carbons (Fsp3) is 0.632. The maximum absolute atomic E-state index is 12.8. The zero-order valence-electron chi connectivity index (χ0n) is 15.5. The molecule has 0 bridgehead atoms. The molecule has 7 heteroatoms. The first-order chi connectivity index (χ1) is 12.3. The molecule has 0 N–H and O–H groups in total. The standard InChI is InChI=1S/C19H27NO5S/c1-13(2)16-10-9-14(3)11-18(16)25-19(21)20-17(12-24-26(20,22)23)15-7-5-4-6-8-15/h4-8,13-14,16-18H,9-12H2,1-3H3/t14-,16+,17?,18-/m1/s1. The van der Waals surface area contributed by atoms with Gasteiger partial charge in [0.05, 0.1) is 6.61 Å². The van der Waals surface area contributed by atoms with E-state index in [0.717, 1.165) is 23.6 Å². The van der Waals surface area contributed by atoms with Crippen LogP contribution in [0.4, 0.5) is 4.79 Å². The van der Waals surface area contributed by atoms with Crippen LogP contribution >= 0.6 is 0 Å². The third-order valence-electron chi connectivity index (χ3n) is 5.48. The second-order valence-corrected chi connectivity index (χ2v) is 9.20. The Morgan fingerprint density at radius 1 is 1.23 bits per heavy atom. The minimum Gasteiger partial charge on any atom is -0.445 e. The summed E-state index contributed by atoms with van der Waals surface area (Å²) >= 11 is 0. The molecule has 3 rings (SSSR count). The summed E-state index contributed by atoms with van der Waals surface area (Å²) in [6, 6.07) is 8.34. The minimum absolute atomic E-state index is 0.0872. The Morgan fingerprint density at radius 2 is 1.92 bits per heavy atom. The normalized spacial score (nSPS) is 31.2. The lowest BCUT2D eigenvalue weighted by Crippen LogP contribution is -2.42. The second-order valence-electron chi connectivity index (χ2n) is 7.71. The van der Waals surface area contributed by atoms with Gasteiger partial charge in [-0.2, -0.15) is 12.7 Å². The first-order valence-electron chi connectivity index (χ1n) is 9.24. The molecular formula is C19H27NO5S. The molecule has 0 radical (unpaired) electrons. The van der Waals surface area contributed by atoms with Crippen LogP contribution in [0.15, 0.2) is 30.3 Å². The summed E-state index contributed by atoms with van der Waals surface area (Å²) in [4.78, 5) is 12.8. The maximum atomic E-state index is 12.8. The summed E-state index contributed by atoms with van der Waals surface area (Å²) in [7, 11) is -4.13. The average Bonchev–Trinajstić information content (AvgIpc) is 2.90. The van der Waals surface area contributed by atoms with E-state index in [4.69, 9.17) is 8.92 Å². The first kappa shape index (κ1) is 19.2. The lowest BCUT2D eigenvalue weighted by Gasteiger charge is -2.37. The highest BCUT2D eigenvalue weighted by Gasteiger charge is 2.46. The molecule has 1 heterocycles. The molecule has 2 fully saturated rings. The highest BCUT2D eigenvalue weighted by Crippen LogP contribution is 2.37. The number of amides is 1. The summed E-state index contributed by atoms with van der Waals surface area (Å²) in [5.74, 6) is 1.08. The quantitative estimate of drug-likeness (QED) is 0.794. The van der Waals surface area contributed by atoms with Crippen molar-refractivity contribution in [1.82, 2.24) is 4.31 Å². The molecule has 1 aliphatic carbocycles. The van der Waals surface area contributed by atoms with E-state index in [1.165, 1.54) is 0 Å². The molecule has 1 aliphatic heterocycles. The third-order valence-corrected chi connectivity index (χ3v) is 6.80. The zero-order chi connectivity index (χ0) is 18.9. The predicted molar refractivity (Wildman–Crippen MR) is 97.5 cm³/mol. The van der Waals surface area contributed by atoms with Crippen LogP contribution < -0.4 is 0 Å². The first-order valence-corrected chi connectivity index (χ1v) is 10.6. The van der Waals surface area contributed by atoms with Crippen LogP contribution in [0, 0.1) is 17.8 Å². The summed E-state index contributed by atoms with van der Waals surface area (Å²) in [6.07, 6.45) is 1.76. The highest BCUT2D eigenvalue weighted by molar-refractivity contribution is 7.85. The van der Waals surface area contributed by atoms with Gasteiger partial charge in [-0.25, -0.2) is 4.79 Å². The van der Waals surface area contributed by atoms with Gasteiger partial charge >= 0.3 is 16.4 Å². The van der Waals surface area contributed by atoms with E-state index in [1.54, 1.807) is 24.3 Å². The van der Waals surface area contributed by atoms with Crippen molar-refractivity contribution in [3.8, 4) is 0 Å². The van der Waals surface area contributed by atoms with Crippen molar-refractivity contribution in [2.75, 3.05) is 6.61 Å². The summed E-state index contributed by atoms with van der Waals surface area (Å²) in [5, 5.41) is 0. The van der Waals surface area contributed by atoms with E-state index in [2.05, 4.69) is 20.8 Å². The number of carbonyl (C=O) groups is 1. The van der Waals surface area contributed by atoms with Gasteiger partial charge in [0.25, 0.3) is 0 Å². The Labute approximate surface area is 155 Å². The molecule has 4 atom stereocenters. The number of ether oxygens (including phenoxy) is 1. The fourth-order valence-electron chi connectivity index (χ4n) is 3.99. The van der Waals surface area contributed by atoms with Crippen LogP contribution in [-0.4, -0.2) is 31.5 Å². The molecule has 6 nitrogen and oxygen atoms in total. The van der Waals surface area contributed by atoms with Gasteiger partial charge in [0.15, 0.2) is 0 Å². The molecule has 1 saturated heterocycles. The minimum atomic E-state index is -4.13. The van der Waals surface area contributed by atoms with Gasteiger partial charge in [0.2, 0.25) is 0 Å². The van der Waals surface area contributed by atoms with E-state index >= 15 is 0 Å². The topological polar surface area (TPSA) is 72.9 Å². The van der Waals surface area contributed by atoms with Gasteiger partial charge < -0.3 is 4.74 Å². The maximum Gasteiger partial charge on any atom is 0.426 e. The van der Waals surface area contributed by atoms with Crippen molar-refractivity contribution in [2.24, 2.45) is 17.8 Å². The van der Waals surface area contributed by atoms with E-state index in [9.17, 15) is 13.2 Å². The van der Waals surface area contributed by atoms with Crippen molar-refractivity contribution in [2.45, 2.75) is 52.2 Å². The van der Waals surface area contributed by atoms with Crippen LogP contribution in [0.1, 0.15) is 51.6 Å². The second kappa shape index (κ2) is 7.56. The molecule has 26 heavy (non-hydrogen) atoms. The third kappa shape index (κ3) is 3.88. The van der Waals surface area contributed by atoms with Crippen molar-refractivity contribution < 1.29 is 22.1 Å². The van der Waals surface area contributed by atoms with Crippen LogP contribution in [-0.2, 0) is 19.2 Å². The molecule has 2 aliphatic rings. The Kier molecular flexibility index (Phi) is 5.58. The number of nitrogens with zero attached hydrogens (tertiary/aromatic N) is 1. The molecule has 144 valence electrons. The van der Waals surface area contributed by atoms with Crippen molar-refractivity contribution in [1.29, 1.82) is 0 Å². The van der Waals surface area contributed by atoms with Gasteiger partial charge in [-0.3, -0.25) is 4.18 Å². The van der Waals surface area contributed by atoms with Crippen LogP contribution in [0.3, 0.4) is 0 Å². The Balaban J connectivity index is 1.81. The molecule has 1 unspecified atom stereocenters. The number of rotatable bonds is 3. The molecule has 1 amide bonds. The lowest BCUT2D eigenvalue weighted by molar-refractivity contribution is -0.00382. The van der Waals surface area contributed by atoms with Crippen molar-refractivity contribution >= 4 is 16.4 Å². The van der Waals surface area contributed by atoms with Crippen molar-refractivity contribution in [3.63, 3.8) is 0 Å². The Bertz CT molecular complexity index is 734. The number of hydrogen-bond acceptors (Lipinski definition) is 5. The SMILES string of the molecule is CC(C)[C@@H]1CC[C@@H](C)C[C@H]1OC(=O)N1C(c2ccccc2)COS1(=O)=O. The molecule has 1 saturated carbocycles. The summed E-state index contributed by atoms with van der Waals surface area (Å²) < 4.78 is 36.0. The number of benzene rings is 1. The summed E-state index contributed by atoms with van der Waals surface area (Å²) in [5.41, 5.74) is 0.711. The average molecular weight is 381 g/mol. The highest BCUT2D eigenvalue weighted by atomic mass is 32.2. The molecule has 1 aromatic rings. The van der Waals surface area contributed by atoms with Crippen LogP contribution in [0.2, 0.25) is 0 Å². The number of hydrogen-bond donors (Lipinski definition) is 0. The van der Waals surface area contributed by atoms with E-state index in [0.29, 0.717) is 17.4 Å². The zero-order valence-corrected chi connectivity index (χ0v) is 16.3. The number of carbonyl (C=O) groups excluding carboxylic acids is 1. The monoisotopic (exact) mass is 381 g/mol. The Morgan fingerprint density at radius 3 is 2.58 bits per heavy atom. The van der Waals surface area contributed by atoms with E-state index in [1.807, 2.05) is 6.07 Å². The van der Waals surface area contributed by atoms with Crippen molar-refractivity contribution in [3.05, 3.63) is 35.9 Å². The van der Waals surface area contributed by atoms with Gasteiger partial charge in [-0.15, -0.1) is 0 Å². The fourth-order valence-corrected chi connectivity index (χ4v) is 5.12. The van der Waals surface area contributed by atoms with Crippen LogP contribution in [0.25, 0.3) is 0 Å². The molecule has 1 aromatic carbocycles. The predicted octanol–water partition coefficient (Wildman–Crippen LogP) is 3.90. The Hall–Kier alpha value is -1.60. The summed E-state index contributed by atoms with van der Waals surface area (Å²) in [6.45, 7) is 6.28. The largest absolute Gasteiger partial charge is 0.445 e. The van der Waals surface area contributed by atoms with E-state index < -0.39 is 22.4 Å². The van der Waals surface area contributed by atoms with E-state index in [-0.39, 0.29) is 18.6 Å².